The molecule has 0 unspecified atom stereocenters. The molecule has 2 aromatic rings. The van der Waals surface area contributed by atoms with Crippen molar-refractivity contribution in [3.63, 3.8) is 0 Å². The van der Waals surface area contributed by atoms with Crippen LogP contribution < -0.4 is 25.2 Å². The van der Waals surface area contributed by atoms with E-state index in [1.165, 1.54) is 26.4 Å². The van der Waals surface area contributed by atoms with Crippen LogP contribution in [-0.2, 0) is 9.59 Å². The third kappa shape index (κ3) is 4.33. The second kappa shape index (κ2) is 8.50. The number of rotatable bonds is 6. The number of anilines is 1. The normalized spacial score (nSPS) is 16.1. The lowest BCUT2D eigenvalue weighted by molar-refractivity contribution is -0.121. The van der Waals surface area contributed by atoms with Crippen LogP contribution in [0.2, 0.25) is 5.02 Å². The Morgan fingerprint density at radius 1 is 1.10 bits per heavy atom. The van der Waals surface area contributed by atoms with E-state index in [1.807, 2.05) is 6.92 Å². The Labute approximate surface area is 172 Å². The fraction of sp³-hybridized carbons (Fsp3) is 0.250. The van der Waals surface area contributed by atoms with Crippen LogP contribution in [0.15, 0.2) is 36.4 Å². The van der Waals surface area contributed by atoms with E-state index in [2.05, 4.69) is 10.9 Å². The first kappa shape index (κ1) is 20.6. The van der Waals surface area contributed by atoms with Crippen LogP contribution in [0, 0.1) is 6.92 Å². The van der Waals surface area contributed by atoms with Gasteiger partial charge in [-0.15, -0.1) is 0 Å². The average Bonchev–Trinajstić information content (AvgIpc) is 3.01. The van der Waals surface area contributed by atoms with E-state index in [0.29, 0.717) is 22.2 Å². The molecular formula is C20H20ClN3O5. The van der Waals surface area contributed by atoms with Crippen molar-refractivity contribution < 1.29 is 23.9 Å². The molecule has 1 saturated heterocycles. The molecular weight excluding hydrogens is 398 g/mol. The molecule has 29 heavy (non-hydrogen) atoms. The average molecular weight is 418 g/mol. The molecule has 1 aliphatic heterocycles. The molecule has 3 amide bonds. The van der Waals surface area contributed by atoms with E-state index >= 15 is 0 Å². The molecule has 152 valence electrons. The minimum atomic E-state index is -0.890. The smallest absolute Gasteiger partial charge is 0.265 e. The maximum absolute atomic E-state index is 12.7. The summed E-state index contributed by atoms with van der Waals surface area (Å²) < 4.78 is 10.3. The predicted molar refractivity (Wildman–Crippen MR) is 107 cm³/mol. The summed E-state index contributed by atoms with van der Waals surface area (Å²) in [6.45, 7) is 1.83. The summed E-state index contributed by atoms with van der Waals surface area (Å²) in [5.74, 6) is -0.462. The highest BCUT2D eigenvalue weighted by atomic mass is 35.5. The van der Waals surface area contributed by atoms with Crippen LogP contribution >= 0.6 is 11.6 Å². The number of nitrogens with one attached hydrogen (secondary N) is 2. The molecule has 1 aliphatic rings. The second-order valence-electron chi connectivity index (χ2n) is 6.46. The molecule has 0 aromatic heterocycles. The SMILES string of the molecule is COc1cc(OC)cc(C(=O)NN[C@H]2CC(=O)N(c3ccc(C)c(Cl)c3)C2=O)c1. The quantitative estimate of drug-likeness (QED) is 0.552. The highest BCUT2D eigenvalue weighted by Crippen LogP contribution is 2.27. The summed E-state index contributed by atoms with van der Waals surface area (Å²) in [4.78, 5) is 38.5. The van der Waals surface area contributed by atoms with Crippen LogP contribution in [0.25, 0.3) is 0 Å². The van der Waals surface area contributed by atoms with E-state index in [9.17, 15) is 14.4 Å². The minimum Gasteiger partial charge on any atom is -0.497 e. The maximum Gasteiger partial charge on any atom is 0.265 e. The highest BCUT2D eigenvalue weighted by molar-refractivity contribution is 6.32. The van der Waals surface area contributed by atoms with Crippen molar-refractivity contribution in [2.45, 2.75) is 19.4 Å². The summed E-state index contributed by atoms with van der Waals surface area (Å²) >= 11 is 6.10. The fourth-order valence-corrected chi connectivity index (χ4v) is 3.07. The van der Waals surface area contributed by atoms with Crippen molar-refractivity contribution in [3.05, 3.63) is 52.5 Å². The van der Waals surface area contributed by atoms with E-state index in [0.717, 1.165) is 10.5 Å². The number of hydrogen-bond acceptors (Lipinski definition) is 6. The fourth-order valence-electron chi connectivity index (χ4n) is 2.90. The van der Waals surface area contributed by atoms with Gasteiger partial charge in [-0.3, -0.25) is 19.8 Å². The van der Waals surface area contributed by atoms with E-state index in [1.54, 1.807) is 24.3 Å². The van der Waals surface area contributed by atoms with Gasteiger partial charge in [0.15, 0.2) is 0 Å². The summed E-state index contributed by atoms with van der Waals surface area (Å²) in [7, 11) is 2.95. The van der Waals surface area contributed by atoms with E-state index in [-0.39, 0.29) is 17.9 Å². The van der Waals surface area contributed by atoms with Gasteiger partial charge in [0.2, 0.25) is 5.91 Å². The summed E-state index contributed by atoms with van der Waals surface area (Å²) in [6.07, 6.45) is -0.0912. The molecule has 2 N–H and O–H groups in total. The first-order valence-corrected chi connectivity index (χ1v) is 9.13. The number of hydrogen-bond donors (Lipinski definition) is 2. The standard InChI is InChI=1S/C20H20ClN3O5/c1-11-4-5-13(8-16(11)21)24-18(25)10-17(20(24)27)22-23-19(26)12-6-14(28-2)9-15(7-12)29-3/h4-9,17,22H,10H2,1-3H3,(H,23,26)/t17-/m0/s1. The molecule has 1 atom stereocenters. The number of carbonyl (C=O) groups is 3. The van der Waals surface area contributed by atoms with Gasteiger partial charge >= 0.3 is 0 Å². The molecule has 0 radical (unpaired) electrons. The lowest BCUT2D eigenvalue weighted by Crippen LogP contribution is -2.48. The first-order valence-electron chi connectivity index (χ1n) is 8.76. The van der Waals surface area contributed by atoms with Crippen molar-refractivity contribution in [1.82, 2.24) is 10.9 Å². The van der Waals surface area contributed by atoms with Crippen molar-refractivity contribution in [2.75, 3.05) is 19.1 Å². The number of aryl methyl sites for hydroxylation is 1. The third-order valence-corrected chi connectivity index (χ3v) is 4.94. The number of carbonyl (C=O) groups excluding carboxylic acids is 3. The van der Waals surface area contributed by atoms with Gasteiger partial charge in [0.25, 0.3) is 11.8 Å². The number of methoxy groups -OCH3 is 2. The predicted octanol–water partition coefficient (Wildman–Crippen LogP) is 2.23. The van der Waals surface area contributed by atoms with Crippen LogP contribution in [0.1, 0.15) is 22.3 Å². The second-order valence-corrected chi connectivity index (χ2v) is 6.86. The van der Waals surface area contributed by atoms with Crippen molar-refractivity contribution in [2.24, 2.45) is 0 Å². The maximum atomic E-state index is 12.7. The number of hydrazine groups is 1. The van der Waals surface area contributed by atoms with Crippen LogP contribution in [0.4, 0.5) is 5.69 Å². The zero-order valence-electron chi connectivity index (χ0n) is 16.1. The Kier molecular flexibility index (Phi) is 6.05. The Morgan fingerprint density at radius 2 is 1.76 bits per heavy atom. The Bertz CT molecular complexity index is 956. The Morgan fingerprint density at radius 3 is 2.34 bits per heavy atom. The summed E-state index contributed by atoms with van der Waals surface area (Å²) in [6, 6.07) is 8.75. The lowest BCUT2D eigenvalue weighted by atomic mass is 10.2. The summed E-state index contributed by atoms with van der Waals surface area (Å²) in [5.41, 5.74) is 6.60. The molecule has 0 aliphatic carbocycles. The van der Waals surface area contributed by atoms with Gasteiger partial charge in [-0.1, -0.05) is 17.7 Å². The van der Waals surface area contributed by atoms with Gasteiger partial charge in [0, 0.05) is 16.7 Å². The highest BCUT2D eigenvalue weighted by Gasteiger charge is 2.39. The van der Waals surface area contributed by atoms with Gasteiger partial charge < -0.3 is 9.47 Å². The molecule has 0 bridgehead atoms. The van der Waals surface area contributed by atoms with Crippen molar-refractivity contribution in [1.29, 1.82) is 0 Å². The molecule has 3 rings (SSSR count). The lowest BCUT2D eigenvalue weighted by Gasteiger charge is -2.17. The minimum absolute atomic E-state index is 0.0912. The van der Waals surface area contributed by atoms with Crippen LogP contribution in [0.3, 0.4) is 0 Å². The molecule has 8 nitrogen and oxygen atoms in total. The zero-order valence-corrected chi connectivity index (χ0v) is 16.9. The van der Waals surface area contributed by atoms with Gasteiger partial charge in [-0.2, -0.15) is 0 Å². The number of benzene rings is 2. The number of amides is 3. The monoisotopic (exact) mass is 417 g/mol. The number of nitrogens with zero attached hydrogens (tertiary/aromatic N) is 1. The Balaban J connectivity index is 1.70. The molecule has 0 saturated carbocycles. The molecule has 1 heterocycles. The van der Waals surface area contributed by atoms with Crippen LogP contribution in [0.5, 0.6) is 11.5 Å². The van der Waals surface area contributed by atoms with Gasteiger partial charge in [-0.25, -0.2) is 10.3 Å². The third-order valence-electron chi connectivity index (χ3n) is 4.53. The van der Waals surface area contributed by atoms with E-state index in [4.69, 9.17) is 21.1 Å². The molecule has 0 spiro atoms. The zero-order chi connectivity index (χ0) is 21.1. The number of ether oxygens (including phenoxy) is 2. The molecule has 1 fully saturated rings. The molecule has 2 aromatic carbocycles. The Hall–Kier alpha value is -3.10. The van der Waals surface area contributed by atoms with Gasteiger partial charge in [-0.05, 0) is 36.8 Å². The van der Waals surface area contributed by atoms with Crippen molar-refractivity contribution in [3.8, 4) is 11.5 Å². The topological polar surface area (TPSA) is 97.0 Å². The number of imide groups is 1. The first-order chi connectivity index (χ1) is 13.8. The molecule has 9 heteroatoms. The number of halogens is 1. The van der Waals surface area contributed by atoms with Gasteiger partial charge in [0.05, 0.1) is 26.3 Å². The van der Waals surface area contributed by atoms with Crippen LogP contribution in [-0.4, -0.2) is 38.0 Å². The van der Waals surface area contributed by atoms with Gasteiger partial charge in [0.1, 0.15) is 17.5 Å². The van der Waals surface area contributed by atoms with E-state index < -0.39 is 17.9 Å². The summed E-state index contributed by atoms with van der Waals surface area (Å²) in [5, 5.41) is 0.458. The largest absolute Gasteiger partial charge is 0.497 e. The van der Waals surface area contributed by atoms with Crippen molar-refractivity contribution >= 4 is 35.0 Å².